The van der Waals surface area contributed by atoms with E-state index in [1.54, 1.807) is 0 Å². The van der Waals surface area contributed by atoms with Crippen molar-refractivity contribution in [2.24, 2.45) is 5.14 Å². The summed E-state index contributed by atoms with van der Waals surface area (Å²) in [4.78, 5) is 15.4. The number of anilines is 1. The summed E-state index contributed by atoms with van der Waals surface area (Å²) in [6.45, 7) is 1.87. The molecular formula is C9H16N4O4S. The zero-order valence-electron chi connectivity index (χ0n) is 10.2. The predicted octanol–water partition coefficient (Wildman–Crippen LogP) is -0.897. The molecule has 0 aliphatic rings. The fraction of sp³-hybridized carbons (Fsp3) is 0.556. The first-order chi connectivity index (χ1) is 8.30. The van der Waals surface area contributed by atoms with Crippen molar-refractivity contribution in [2.75, 3.05) is 18.6 Å². The van der Waals surface area contributed by atoms with Crippen LogP contribution in [0.3, 0.4) is 0 Å². The first kappa shape index (κ1) is 14.5. The van der Waals surface area contributed by atoms with Gasteiger partial charge in [0.2, 0.25) is 10.0 Å². The lowest BCUT2D eigenvalue weighted by Gasteiger charge is -2.07. The second-order valence-electron chi connectivity index (χ2n) is 3.63. The zero-order valence-corrected chi connectivity index (χ0v) is 11.0. The molecular weight excluding hydrogens is 260 g/mol. The molecule has 0 aliphatic carbocycles. The molecule has 0 aromatic carbocycles. The number of nitrogens with zero attached hydrogens (tertiary/aromatic N) is 2. The molecule has 102 valence electrons. The van der Waals surface area contributed by atoms with Gasteiger partial charge in [-0.3, -0.25) is 0 Å². The Morgan fingerprint density at radius 2 is 2.11 bits per heavy atom. The normalized spacial score (nSPS) is 11.5. The highest BCUT2D eigenvalue weighted by Crippen LogP contribution is 2.16. The van der Waals surface area contributed by atoms with E-state index in [1.165, 1.54) is 11.7 Å². The van der Waals surface area contributed by atoms with Crippen LogP contribution in [0.5, 0.6) is 0 Å². The minimum atomic E-state index is -3.60. The largest absolute Gasteiger partial charge is 0.464 e. The molecule has 1 heterocycles. The van der Waals surface area contributed by atoms with E-state index in [-0.39, 0.29) is 23.8 Å². The van der Waals surface area contributed by atoms with Crippen LogP contribution in [0.1, 0.15) is 23.2 Å². The summed E-state index contributed by atoms with van der Waals surface area (Å²) >= 11 is 0. The Morgan fingerprint density at radius 3 is 2.56 bits per heavy atom. The van der Waals surface area contributed by atoms with Gasteiger partial charge in [0.15, 0.2) is 5.69 Å². The van der Waals surface area contributed by atoms with Crippen LogP contribution in [0, 0.1) is 0 Å². The molecule has 0 aliphatic heterocycles. The summed E-state index contributed by atoms with van der Waals surface area (Å²) in [5, 5.41) is 4.92. The SMILES string of the molecule is CCc1nc(C(=O)OC)c(N)n1CCS(N)(=O)=O. The molecule has 1 aromatic rings. The molecule has 0 unspecified atom stereocenters. The lowest BCUT2D eigenvalue weighted by Crippen LogP contribution is -2.22. The van der Waals surface area contributed by atoms with Gasteiger partial charge in [-0.1, -0.05) is 6.92 Å². The second kappa shape index (κ2) is 5.36. The van der Waals surface area contributed by atoms with E-state index in [0.29, 0.717) is 12.2 Å². The molecule has 0 fully saturated rings. The number of esters is 1. The molecule has 1 rings (SSSR count). The number of aromatic nitrogens is 2. The van der Waals surface area contributed by atoms with E-state index in [2.05, 4.69) is 9.72 Å². The maximum atomic E-state index is 11.4. The molecule has 0 amide bonds. The number of ether oxygens (including phenoxy) is 1. The first-order valence-corrected chi connectivity index (χ1v) is 6.95. The van der Waals surface area contributed by atoms with Gasteiger partial charge in [0, 0.05) is 13.0 Å². The van der Waals surface area contributed by atoms with Crippen molar-refractivity contribution in [1.29, 1.82) is 0 Å². The number of sulfonamides is 1. The van der Waals surface area contributed by atoms with E-state index >= 15 is 0 Å². The summed E-state index contributed by atoms with van der Waals surface area (Å²) in [6.07, 6.45) is 0.506. The number of methoxy groups -OCH3 is 1. The molecule has 0 radical (unpaired) electrons. The standard InChI is InChI=1S/C9H16N4O4S/c1-3-6-12-7(9(14)17-2)8(10)13(6)4-5-18(11,15)16/h3-5,10H2,1-2H3,(H2,11,15,16). The molecule has 8 nitrogen and oxygen atoms in total. The van der Waals surface area contributed by atoms with Crippen LogP contribution in [0.2, 0.25) is 0 Å². The predicted molar refractivity (Wildman–Crippen MR) is 65.3 cm³/mol. The van der Waals surface area contributed by atoms with Crippen LogP contribution in [-0.2, 0) is 27.7 Å². The molecule has 0 saturated carbocycles. The van der Waals surface area contributed by atoms with E-state index in [4.69, 9.17) is 10.9 Å². The number of aryl methyl sites for hydroxylation is 1. The van der Waals surface area contributed by atoms with Crippen molar-refractivity contribution in [2.45, 2.75) is 19.9 Å². The quantitative estimate of drug-likeness (QED) is 0.670. The molecule has 9 heteroatoms. The number of imidazole rings is 1. The van der Waals surface area contributed by atoms with Crippen LogP contribution in [-0.4, -0.2) is 36.8 Å². The van der Waals surface area contributed by atoms with Crippen LogP contribution < -0.4 is 10.9 Å². The van der Waals surface area contributed by atoms with Gasteiger partial charge >= 0.3 is 5.97 Å². The lowest BCUT2D eigenvalue weighted by molar-refractivity contribution is 0.0595. The monoisotopic (exact) mass is 276 g/mol. The Labute approximate surface area is 105 Å². The summed E-state index contributed by atoms with van der Waals surface area (Å²) in [5.74, 6) is -0.336. The minimum absolute atomic E-state index is 0.0104. The summed E-state index contributed by atoms with van der Waals surface area (Å²) in [6, 6.07) is 0. The van der Waals surface area contributed by atoms with E-state index in [1.807, 2.05) is 6.92 Å². The number of carbonyl (C=O) groups excluding carboxylic acids is 1. The Balaban J connectivity index is 3.10. The number of nitrogens with two attached hydrogens (primary N) is 2. The zero-order chi connectivity index (χ0) is 13.9. The Morgan fingerprint density at radius 1 is 1.50 bits per heavy atom. The average Bonchev–Trinajstić information content (AvgIpc) is 2.61. The maximum absolute atomic E-state index is 11.4. The maximum Gasteiger partial charge on any atom is 0.360 e. The third kappa shape index (κ3) is 3.20. The average molecular weight is 276 g/mol. The molecule has 4 N–H and O–H groups in total. The molecule has 1 aromatic heterocycles. The minimum Gasteiger partial charge on any atom is -0.464 e. The van der Waals surface area contributed by atoms with Gasteiger partial charge in [0.05, 0.1) is 12.9 Å². The van der Waals surface area contributed by atoms with E-state index < -0.39 is 16.0 Å². The number of hydrogen-bond acceptors (Lipinski definition) is 6. The summed E-state index contributed by atoms with van der Waals surface area (Å²) in [5.41, 5.74) is 5.74. The van der Waals surface area contributed by atoms with Gasteiger partial charge in [0.1, 0.15) is 11.6 Å². The van der Waals surface area contributed by atoms with Gasteiger partial charge in [-0.05, 0) is 0 Å². The molecule has 0 spiro atoms. The van der Waals surface area contributed by atoms with Gasteiger partial charge in [-0.15, -0.1) is 0 Å². The number of hydrogen-bond donors (Lipinski definition) is 2. The van der Waals surface area contributed by atoms with Crippen molar-refractivity contribution in [3.05, 3.63) is 11.5 Å². The van der Waals surface area contributed by atoms with E-state index in [9.17, 15) is 13.2 Å². The van der Waals surface area contributed by atoms with Gasteiger partial charge in [-0.25, -0.2) is 23.3 Å². The lowest BCUT2D eigenvalue weighted by atomic mass is 10.4. The van der Waals surface area contributed by atoms with Crippen LogP contribution in [0.25, 0.3) is 0 Å². The summed E-state index contributed by atoms with van der Waals surface area (Å²) < 4.78 is 27.8. The first-order valence-electron chi connectivity index (χ1n) is 5.23. The Bertz CT molecular complexity index is 549. The van der Waals surface area contributed by atoms with Crippen LogP contribution in [0.15, 0.2) is 0 Å². The van der Waals surface area contributed by atoms with Crippen molar-refractivity contribution >= 4 is 21.8 Å². The fourth-order valence-corrected chi connectivity index (χ4v) is 1.94. The number of carbonyl (C=O) groups is 1. The molecule has 0 bridgehead atoms. The smallest absolute Gasteiger partial charge is 0.360 e. The number of rotatable bonds is 5. The summed E-state index contributed by atoms with van der Waals surface area (Å²) in [7, 11) is -2.38. The van der Waals surface area contributed by atoms with Gasteiger partial charge in [0.25, 0.3) is 0 Å². The van der Waals surface area contributed by atoms with Gasteiger partial charge in [-0.2, -0.15) is 0 Å². The second-order valence-corrected chi connectivity index (χ2v) is 5.36. The van der Waals surface area contributed by atoms with Crippen molar-refractivity contribution in [3.8, 4) is 0 Å². The highest BCUT2D eigenvalue weighted by molar-refractivity contribution is 7.89. The van der Waals surface area contributed by atoms with Crippen molar-refractivity contribution < 1.29 is 17.9 Å². The number of nitrogen functional groups attached to an aromatic ring is 1. The Hall–Kier alpha value is -1.61. The highest BCUT2D eigenvalue weighted by Gasteiger charge is 2.20. The third-order valence-electron chi connectivity index (χ3n) is 2.38. The van der Waals surface area contributed by atoms with Crippen LogP contribution in [0.4, 0.5) is 5.82 Å². The van der Waals surface area contributed by atoms with Crippen molar-refractivity contribution in [1.82, 2.24) is 9.55 Å². The highest BCUT2D eigenvalue weighted by atomic mass is 32.2. The number of primary sulfonamides is 1. The third-order valence-corrected chi connectivity index (χ3v) is 3.13. The van der Waals surface area contributed by atoms with Crippen LogP contribution >= 0.6 is 0 Å². The van der Waals surface area contributed by atoms with Gasteiger partial charge < -0.3 is 15.0 Å². The van der Waals surface area contributed by atoms with Crippen molar-refractivity contribution in [3.63, 3.8) is 0 Å². The van der Waals surface area contributed by atoms with E-state index in [0.717, 1.165) is 0 Å². The topological polar surface area (TPSA) is 130 Å². The fourth-order valence-electron chi connectivity index (χ4n) is 1.50. The molecule has 0 saturated heterocycles. The Kier molecular flexibility index (Phi) is 4.30. The molecule has 18 heavy (non-hydrogen) atoms. The molecule has 0 atom stereocenters.